The number of carbonyl (C=O) groups excluding carboxylic acids is 1. The van der Waals surface area contributed by atoms with E-state index < -0.39 is 0 Å². The van der Waals surface area contributed by atoms with E-state index in [4.69, 9.17) is 4.74 Å². The van der Waals surface area contributed by atoms with Crippen molar-refractivity contribution < 1.29 is 9.53 Å². The molecule has 0 aliphatic rings. The lowest BCUT2D eigenvalue weighted by atomic mass is 10.1. The first-order valence-corrected chi connectivity index (χ1v) is 7.40. The highest BCUT2D eigenvalue weighted by Crippen LogP contribution is 2.23. The van der Waals surface area contributed by atoms with Crippen molar-refractivity contribution >= 4 is 34.1 Å². The quantitative estimate of drug-likeness (QED) is 0.535. The van der Waals surface area contributed by atoms with Crippen LogP contribution in [0, 0.1) is 0 Å². The van der Waals surface area contributed by atoms with E-state index in [0.717, 1.165) is 16.5 Å². The maximum Gasteiger partial charge on any atom is 0.221 e. The maximum atomic E-state index is 12.0. The Bertz CT molecular complexity index is 807. The first-order chi connectivity index (χ1) is 10.3. The molecule has 0 atom stereocenters. The number of ether oxygens (including phenoxy) is 1. The standard InChI is InChI=1S/C17H13NO2S/c1-20-17-13(6-7-16(19)14-8-9-21-11-14)10-12-4-2-3-5-15(12)18-17/h2-11H,1H3. The van der Waals surface area contributed by atoms with E-state index in [1.165, 1.54) is 11.3 Å². The molecule has 1 aromatic carbocycles. The zero-order chi connectivity index (χ0) is 14.7. The summed E-state index contributed by atoms with van der Waals surface area (Å²) in [5.41, 5.74) is 2.36. The molecule has 0 saturated carbocycles. The molecule has 3 aromatic rings. The fourth-order valence-electron chi connectivity index (χ4n) is 2.06. The lowest BCUT2D eigenvalue weighted by molar-refractivity contribution is 0.104. The molecule has 0 saturated heterocycles. The van der Waals surface area contributed by atoms with Gasteiger partial charge in [-0.15, -0.1) is 0 Å². The minimum absolute atomic E-state index is 0.0218. The van der Waals surface area contributed by atoms with Crippen LogP contribution in [0.2, 0.25) is 0 Å². The second-order valence-corrected chi connectivity index (χ2v) is 5.27. The summed E-state index contributed by atoms with van der Waals surface area (Å²) in [6.07, 6.45) is 3.30. The normalized spacial score (nSPS) is 11.1. The van der Waals surface area contributed by atoms with Gasteiger partial charge in [0, 0.05) is 21.9 Å². The van der Waals surface area contributed by atoms with E-state index in [0.29, 0.717) is 11.4 Å². The number of ketones is 1. The van der Waals surface area contributed by atoms with Gasteiger partial charge in [0.25, 0.3) is 0 Å². The Morgan fingerprint density at radius 1 is 1.29 bits per heavy atom. The zero-order valence-electron chi connectivity index (χ0n) is 11.4. The van der Waals surface area contributed by atoms with Crippen molar-refractivity contribution in [3.63, 3.8) is 0 Å². The molecule has 0 amide bonds. The highest BCUT2D eigenvalue weighted by atomic mass is 32.1. The van der Waals surface area contributed by atoms with E-state index in [1.54, 1.807) is 19.3 Å². The molecule has 3 nitrogen and oxygen atoms in total. The van der Waals surface area contributed by atoms with Crippen molar-refractivity contribution in [1.29, 1.82) is 0 Å². The van der Waals surface area contributed by atoms with Crippen LogP contribution in [0.4, 0.5) is 0 Å². The zero-order valence-corrected chi connectivity index (χ0v) is 12.3. The summed E-state index contributed by atoms with van der Waals surface area (Å²) >= 11 is 1.51. The lowest BCUT2D eigenvalue weighted by Crippen LogP contribution is -1.94. The predicted molar refractivity (Wildman–Crippen MR) is 86.0 cm³/mol. The molecule has 0 bridgehead atoms. The van der Waals surface area contributed by atoms with Crippen LogP contribution in [0.1, 0.15) is 15.9 Å². The number of fused-ring (bicyclic) bond motifs is 1. The molecule has 2 aromatic heterocycles. The number of methoxy groups -OCH3 is 1. The third-order valence-corrected chi connectivity index (χ3v) is 3.81. The molecule has 4 heteroatoms. The Labute approximate surface area is 126 Å². The lowest BCUT2D eigenvalue weighted by Gasteiger charge is -2.05. The van der Waals surface area contributed by atoms with Gasteiger partial charge in [-0.3, -0.25) is 4.79 Å². The van der Waals surface area contributed by atoms with Crippen molar-refractivity contribution in [1.82, 2.24) is 4.98 Å². The average molecular weight is 295 g/mol. The number of aromatic nitrogens is 1. The number of hydrogen-bond donors (Lipinski definition) is 0. The molecular weight excluding hydrogens is 282 g/mol. The van der Waals surface area contributed by atoms with Crippen molar-refractivity contribution in [2.75, 3.05) is 7.11 Å². The Kier molecular flexibility index (Phi) is 3.79. The Morgan fingerprint density at radius 2 is 2.14 bits per heavy atom. The molecule has 104 valence electrons. The van der Waals surface area contributed by atoms with Crippen LogP contribution in [-0.4, -0.2) is 17.9 Å². The van der Waals surface area contributed by atoms with Crippen LogP contribution >= 0.6 is 11.3 Å². The van der Waals surface area contributed by atoms with Crippen LogP contribution in [0.5, 0.6) is 5.88 Å². The second-order valence-electron chi connectivity index (χ2n) is 4.49. The van der Waals surface area contributed by atoms with Gasteiger partial charge in [0.15, 0.2) is 5.78 Å². The van der Waals surface area contributed by atoms with Gasteiger partial charge in [-0.1, -0.05) is 18.2 Å². The number of allylic oxidation sites excluding steroid dienone is 1. The average Bonchev–Trinajstić information content (AvgIpc) is 3.06. The van der Waals surface area contributed by atoms with Crippen LogP contribution in [0.25, 0.3) is 17.0 Å². The molecule has 0 spiro atoms. The number of para-hydroxylation sites is 1. The number of carbonyl (C=O) groups is 1. The molecule has 0 N–H and O–H groups in total. The fourth-order valence-corrected chi connectivity index (χ4v) is 2.71. The SMILES string of the molecule is COc1nc2ccccc2cc1C=CC(=O)c1ccsc1. The Hall–Kier alpha value is -2.46. The van der Waals surface area contributed by atoms with Gasteiger partial charge < -0.3 is 4.74 Å². The summed E-state index contributed by atoms with van der Waals surface area (Å²) in [5, 5.41) is 4.74. The first kappa shape index (κ1) is 13.5. The van der Waals surface area contributed by atoms with Crippen LogP contribution in [-0.2, 0) is 0 Å². The molecule has 0 unspecified atom stereocenters. The largest absolute Gasteiger partial charge is 0.481 e. The monoisotopic (exact) mass is 295 g/mol. The predicted octanol–water partition coefficient (Wildman–Crippen LogP) is 4.20. The van der Waals surface area contributed by atoms with Gasteiger partial charge in [-0.05, 0) is 35.7 Å². The van der Waals surface area contributed by atoms with E-state index in [9.17, 15) is 4.79 Å². The summed E-state index contributed by atoms with van der Waals surface area (Å²) in [5.74, 6) is 0.495. The van der Waals surface area contributed by atoms with E-state index in [1.807, 2.05) is 47.2 Å². The molecular formula is C17H13NO2S. The summed E-state index contributed by atoms with van der Waals surface area (Å²) < 4.78 is 5.30. The first-order valence-electron chi connectivity index (χ1n) is 6.46. The van der Waals surface area contributed by atoms with Crippen molar-refractivity contribution in [2.45, 2.75) is 0 Å². The van der Waals surface area contributed by atoms with E-state index in [-0.39, 0.29) is 5.78 Å². The van der Waals surface area contributed by atoms with Gasteiger partial charge >= 0.3 is 0 Å². The van der Waals surface area contributed by atoms with Crippen LogP contribution in [0.3, 0.4) is 0 Å². The number of rotatable bonds is 4. The number of pyridine rings is 1. The highest BCUT2D eigenvalue weighted by Gasteiger charge is 2.06. The van der Waals surface area contributed by atoms with Gasteiger partial charge in [0.05, 0.1) is 12.6 Å². The Morgan fingerprint density at radius 3 is 2.90 bits per heavy atom. The molecule has 0 aliphatic heterocycles. The highest BCUT2D eigenvalue weighted by molar-refractivity contribution is 7.08. The summed E-state index contributed by atoms with van der Waals surface area (Å²) in [6, 6.07) is 11.6. The molecule has 0 aliphatic carbocycles. The van der Waals surface area contributed by atoms with Crippen molar-refractivity contribution in [2.24, 2.45) is 0 Å². The topological polar surface area (TPSA) is 39.2 Å². The summed E-state index contributed by atoms with van der Waals surface area (Å²) in [6.45, 7) is 0. The van der Waals surface area contributed by atoms with Gasteiger partial charge in [0.2, 0.25) is 5.88 Å². The number of nitrogens with zero attached hydrogens (tertiary/aromatic N) is 1. The third kappa shape index (κ3) is 2.85. The molecule has 3 rings (SSSR count). The number of thiophene rings is 1. The fraction of sp³-hybridized carbons (Fsp3) is 0.0588. The number of hydrogen-bond acceptors (Lipinski definition) is 4. The molecule has 0 radical (unpaired) electrons. The maximum absolute atomic E-state index is 12.0. The molecule has 21 heavy (non-hydrogen) atoms. The Balaban J connectivity index is 1.97. The van der Waals surface area contributed by atoms with Crippen LogP contribution < -0.4 is 4.74 Å². The van der Waals surface area contributed by atoms with Crippen molar-refractivity contribution in [3.05, 3.63) is 64.4 Å². The van der Waals surface area contributed by atoms with E-state index >= 15 is 0 Å². The number of benzene rings is 1. The van der Waals surface area contributed by atoms with E-state index in [2.05, 4.69) is 4.98 Å². The summed E-state index contributed by atoms with van der Waals surface area (Å²) in [4.78, 5) is 16.5. The van der Waals surface area contributed by atoms with Gasteiger partial charge in [-0.2, -0.15) is 11.3 Å². The van der Waals surface area contributed by atoms with Crippen molar-refractivity contribution in [3.8, 4) is 5.88 Å². The molecule has 0 fully saturated rings. The molecule has 2 heterocycles. The van der Waals surface area contributed by atoms with Gasteiger partial charge in [-0.25, -0.2) is 4.98 Å². The summed E-state index contributed by atoms with van der Waals surface area (Å²) in [7, 11) is 1.58. The second kappa shape index (κ2) is 5.89. The van der Waals surface area contributed by atoms with Gasteiger partial charge in [0.1, 0.15) is 0 Å². The minimum Gasteiger partial charge on any atom is -0.481 e. The third-order valence-electron chi connectivity index (χ3n) is 3.13. The minimum atomic E-state index is -0.0218. The smallest absolute Gasteiger partial charge is 0.221 e. The van der Waals surface area contributed by atoms with Crippen LogP contribution in [0.15, 0.2) is 53.2 Å².